The van der Waals surface area contributed by atoms with Crippen molar-refractivity contribution in [3.63, 3.8) is 0 Å². The molecule has 1 amide bonds. The molecule has 0 saturated carbocycles. The van der Waals surface area contributed by atoms with E-state index in [0.717, 1.165) is 37.8 Å². The first-order valence-corrected chi connectivity index (χ1v) is 10.6. The molecule has 0 aromatic heterocycles. The number of ether oxygens (including phenoxy) is 1. The van der Waals surface area contributed by atoms with Crippen molar-refractivity contribution in [2.24, 2.45) is 4.99 Å². The summed E-state index contributed by atoms with van der Waals surface area (Å²) in [6, 6.07) is 8.15. The van der Waals surface area contributed by atoms with Gasteiger partial charge in [-0.15, -0.1) is 24.0 Å². The minimum absolute atomic E-state index is 0. The van der Waals surface area contributed by atoms with E-state index >= 15 is 0 Å². The van der Waals surface area contributed by atoms with Gasteiger partial charge in [-0.3, -0.25) is 14.7 Å². The van der Waals surface area contributed by atoms with Crippen molar-refractivity contribution < 1.29 is 9.53 Å². The zero-order valence-electron chi connectivity index (χ0n) is 19.3. The Morgan fingerprint density at radius 2 is 1.63 bits per heavy atom. The Morgan fingerprint density at radius 3 is 2.17 bits per heavy atom. The standard InChI is InChI=1S/C22H39N5O2.HI/c1-7-23-22(25-13-8-16-27(17(2)3)18(4)5)26-15-14-24-21(28)19-9-11-20(29-6)12-10-19;/h9-12,17-18H,7-8,13-16H2,1-6H3,(H,24,28)(H2,23,25,26);1H. The topological polar surface area (TPSA) is 78.0 Å². The third-order valence-corrected chi connectivity index (χ3v) is 4.57. The second-order valence-electron chi connectivity index (χ2n) is 7.45. The molecule has 1 rings (SSSR count). The summed E-state index contributed by atoms with van der Waals surface area (Å²) >= 11 is 0. The van der Waals surface area contributed by atoms with E-state index < -0.39 is 0 Å². The van der Waals surface area contributed by atoms with Crippen LogP contribution in [0.4, 0.5) is 0 Å². The van der Waals surface area contributed by atoms with Gasteiger partial charge in [0.15, 0.2) is 5.96 Å². The van der Waals surface area contributed by atoms with Crippen molar-refractivity contribution in [1.29, 1.82) is 0 Å². The highest BCUT2D eigenvalue weighted by molar-refractivity contribution is 14.0. The van der Waals surface area contributed by atoms with Crippen LogP contribution < -0.4 is 20.7 Å². The fourth-order valence-corrected chi connectivity index (χ4v) is 3.10. The van der Waals surface area contributed by atoms with Gasteiger partial charge in [0.05, 0.1) is 7.11 Å². The van der Waals surface area contributed by atoms with Gasteiger partial charge in [-0.1, -0.05) is 0 Å². The maximum Gasteiger partial charge on any atom is 0.251 e. The molecule has 0 fully saturated rings. The Bertz CT molecular complexity index is 612. The van der Waals surface area contributed by atoms with E-state index in [1.807, 2.05) is 6.92 Å². The van der Waals surface area contributed by atoms with Crippen LogP contribution in [0.1, 0.15) is 51.4 Å². The maximum absolute atomic E-state index is 12.2. The van der Waals surface area contributed by atoms with Gasteiger partial charge in [0.1, 0.15) is 5.75 Å². The molecular weight excluding hydrogens is 493 g/mol. The van der Waals surface area contributed by atoms with Gasteiger partial charge in [0.2, 0.25) is 0 Å². The number of hydrogen-bond donors (Lipinski definition) is 3. The molecule has 0 aliphatic carbocycles. The van der Waals surface area contributed by atoms with Crippen LogP contribution in [0, 0.1) is 0 Å². The number of methoxy groups -OCH3 is 1. The summed E-state index contributed by atoms with van der Waals surface area (Å²) in [5.41, 5.74) is 0.617. The number of halogens is 1. The third-order valence-electron chi connectivity index (χ3n) is 4.57. The van der Waals surface area contributed by atoms with Crippen molar-refractivity contribution in [2.45, 2.75) is 53.1 Å². The predicted octanol–water partition coefficient (Wildman–Crippen LogP) is 3.11. The molecule has 172 valence electrons. The Labute approximate surface area is 199 Å². The van der Waals surface area contributed by atoms with E-state index in [-0.39, 0.29) is 29.9 Å². The van der Waals surface area contributed by atoms with E-state index in [1.165, 1.54) is 0 Å². The van der Waals surface area contributed by atoms with Gasteiger partial charge in [0.25, 0.3) is 5.91 Å². The van der Waals surface area contributed by atoms with Crippen LogP contribution in [0.5, 0.6) is 5.75 Å². The summed E-state index contributed by atoms with van der Waals surface area (Å²) in [7, 11) is 1.61. The fourth-order valence-electron chi connectivity index (χ4n) is 3.10. The number of nitrogens with one attached hydrogen (secondary N) is 3. The lowest BCUT2D eigenvalue weighted by atomic mass is 10.2. The zero-order valence-corrected chi connectivity index (χ0v) is 21.7. The predicted molar refractivity (Wildman–Crippen MR) is 136 cm³/mol. The molecule has 0 heterocycles. The van der Waals surface area contributed by atoms with Crippen LogP contribution in [0.15, 0.2) is 29.3 Å². The minimum Gasteiger partial charge on any atom is -0.497 e. The summed E-state index contributed by atoms with van der Waals surface area (Å²) in [4.78, 5) is 19.3. The van der Waals surface area contributed by atoms with Crippen LogP contribution in [-0.4, -0.2) is 68.7 Å². The number of rotatable bonds is 12. The van der Waals surface area contributed by atoms with Crippen LogP contribution >= 0.6 is 24.0 Å². The van der Waals surface area contributed by atoms with Gasteiger partial charge in [0, 0.05) is 50.4 Å². The van der Waals surface area contributed by atoms with Gasteiger partial charge in [-0.2, -0.15) is 0 Å². The van der Waals surface area contributed by atoms with Crippen molar-refractivity contribution in [3.8, 4) is 5.75 Å². The highest BCUT2D eigenvalue weighted by atomic mass is 127. The Morgan fingerprint density at radius 1 is 1.03 bits per heavy atom. The fraction of sp³-hybridized carbons (Fsp3) is 0.636. The van der Waals surface area contributed by atoms with E-state index in [1.54, 1.807) is 31.4 Å². The Kier molecular flexibility index (Phi) is 15.3. The molecule has 0 unspecified atom stereocenters. The maximum atomic E-state index is 12.2. The normalized spacial score (nSPS) is 11.4. The molecule has 30 heavy (non-hydrogen) atoms. The molecule has 1 aromatic rings. The summed E-state index contributed by atoms with van der Waals surface area (Å²) in [6.45, 7) is 14.7. The highest BCUT2D eigenvalue weighted by Gasteiger charge is 2.12. The smallest absolute Gasteiger partial charge is 0.251 e. The van der Waals surface area contributed by atoms with Crippen molar-refractivity contribution >= 4 is 35.8 Å². The molecule has 7 nitrogen and oxygen atoms in total. The Hall–Kier alpha value is -1.55. The van der Waals surface area contributed by atoms with Crippen LogP contribution in [0.2, 0.25) is 0 Å². The highest BCUT2D eigenvalue weighted by Crippen LogP contribution is 2.10. The molecular formula is C22H40IN5O2. The number of carbonyl (C=O) groups excluding carboxylic acids is 1. The summed E-state index contributed by atoms with van der Waals surface area (Å²) < 4.78 is 5.11. The molecule has 0 spiro atoms. The van der Waals surface area contributed by atoms with E-state index in [2.05, 4.69) is 53.5 Å². The lowest BCUT2D eigenvalue weighted by molar-refractivity contribution is 0.0954. The van der Waals surface area contributed by atoms with Crippen molar-refractivity contribution in [3.05, 3.63) is 29.8 Å². The number of benzene rings is 1. The van der Waals surface area contributed by atoms with Gasteiger partial charge in [-0.05, 0) is 65.3 Å². The average molecular weight is 533 g/mol. The second kappa shape index (κ2) is 16.2. The SMILES string of the molecule is CCNC(=NCCCN(C(C)C)C(C)C)NCCNC(=O)c1ccc(OC)cc1.I. The molecule has 8 heteroatoms. The van der Waals surface area contributed by atoms with Crippen LogP contribution in [-0.2, 0) is 0 Å². The first-order chi connectivity index (χ1) is 13.9. The number of aliphatic imine (C=N–C) groups is 1. The van der Waals surface area contributed by atoms with Crippen molar-refractivity contribution in [2.75, 3.05) is 39.8 Å². The summed E-state index contributed by atoms with van der Waals surface area (Å²) in [5, 5.41) is 9.43. The van der Waals surface area contributed by atoms with Crippen LogP contribution in [0.25, 0.3) is 0 Å². The van der Waals surface area contributed by atoms with Gasteiger partial charge >= 0.3 is 0 Å². The summed E-state index contributed by atoms with van der Waals surface area (Å²) in [6.07, 6.45) is 1.02. The number of hydrogen-bond acceptors (Lipinski definition) is 4. The first-order valence-electron chi connectivity index (χ1n) is 10.6. The molecule has 0 radical (unpaired) electrons. The minimum atomic E-state index is -0.0983. The number of carbonyl (C=O) groups is 1. The average Bonchev–Trinajstić information content (AvgIpc) is 2.70. The molecule has 0 aliphatic rings. The quantitative estimate of drug-likeness (QED) is 0.167. The molecule has 0 saturated heterocycles. The number of amides is 1. The van der Waals surface area contributed by atoms with Gasteiger partial charge < -0.3 is 20.7 Å². The van der Waals surface area contributed by atoms with E-state index in [9.17, 15) is 4.79 Å². The first kappa shape index (κ1) is 28.5. The molecule has 0 atom stereocenters. The van der Waals surface area contributed by atoms with Crippen LogP contribution in [0.3, 0.4) is 0 Å². The lowest BCUT2D eigenvalue weighted by Gasteiger charge is -2.30. The monoisotopic (exact) mass is 533 g/mol. The number of nitrogens with zero attached hydrogens (tertiary/aromatic N) is 2. The number of guanidine groups is 1. The van der Waals surface area contributed by atoms with Gasteiger partial charge in [-0.25, -0.2) is 0 Å². The second-order valence-corrected chi connectivity index (χ2v) is 7.45. The third kappa shape index (κ3) is 11.0. The van der Waals surface area contributed by atoms with Crippen molar-refractivity contribution in [1.82, 2.24) is 20.9 Å². The molecule has 3 N–H and O–H groups in total. The molecule has 0 aliphatic heterocycles. The molecule has 0 bridgehead atoms. The Balaban J connectivity index is 0.00000841. The molecule has 1 aromatic carbocycles. The zero-order chi connectivity index (χ0) is 21.6. The van der Waals surface area contributed by atoms with E-state index in [4.69, 9.17) is 4.74 Å². The van der Waals surface area contributed by atoms with E-state index in [0.29, 0.717) is 30.7 Å². The summed E-state index contributed by atoms with van der Waals surface area (Å²) in [5.74, 6) is 1.42. The largest absolute Gasteiger partial charge is 0.497 e. The lowest BCUT2D eigenvalue weighted by Crippen LogP contribution is -2.42.